The highest BCUT2D eigenvalue weighted by Crippen LogP contribution is 2.25. The van der Waals surface area contributed by atoms with E-state index in [4.69, 9.17) is 28.6 Å². The second-order valence-electron chi connectivity index (χ2n) is 4.33. The maximum atomic E-state index is 11.6. The zero-order valence-electron chi connectivity index (χ0n) is 12.0. The van der Waals surface area contributed by atoms with Crippen LogP contribution in [-0.4, -0.2) is 24.2 Å². The van der Waals surface area contributed by atoms with Crippen LogP contribution in [0.3, 0.4) is 0 Å². The van der Waals surface area contributed by atoms with E-state index in [9.17, 15) is 4.79 Å². The topological polar surface area (TPSA) is 62.4 Å². The number of thiocarbonyl (C=S) groups is 1. The second-order valence-corrected chi connectivity index (χ2v) is 5.12. The number of hydrogen-bond acceptors (Lipinski definition) is 3. The maximum Gasteiger partial charge on any atom is 0.276 e. The third-order valence-electron chi connectivity index (χ3n) is 2.50. The molecule has 114 valence electrons. The predicted molar refractivity (Wildman–Crippen MR) is 88.5 cm³/mol. The number of benzene rings is 1. The van der Waals surface area contributed by atoms with Crippen molar-refractivity contribution in [2.45, 2.75) is 13.8 Å². The highest BCUT2D eigenvalue weighted by atomic mass is 35.5. The molecule has 21 heavy (non-hydrogen) atoms. The number of halogens is 1. The summed E-state index contributed by atoms with van der Waals surface area (Å²) in [5.41, 5.74) is 6.79. The molecule has 0 spiro atoms. The van der Waals surface area contributed by atoms with Gasteiger partial charge in [0.2, 0.25) is 0 Å². The normalized spacial score (nSPS) is 9.67. The minimum Gasteiger partial charge on any atom is -0.484 e. The Labute approximate surface area is 134 Å². The lowest BCUT2D eigenvalue weighted by molar-refractivity contribution is -0.123. The van der Waals surface area contributed by atoms with E-state index in [0.717, 1.165) is 11.1 Å². The van der Waals surface area contributed by atoms with Gasteiger partial charge in [0.15, 0.2) is 11.7 Å². The van der Waals surface area contributed by atoms with Crippen LogP contribution >= 0.6 is 23.8 Å². The molecule has 5 nitrogen and oxygen atoms in total. The number of nitrogens with one attached hydrogen (secondary N) is 3. The molecule has 0 heterocycles. The molecule has 0 atom stereocenters. The molecule has 1 rings (SSSR count). The van der Waals surface area contributed by atoms with Crippen molar-refractivity contribution in [3.8, 4) is 5.75 Å². The Morgan fingerprint density at radius 1 is 1.38 bits per heavy atom. The Kier molecular flexibility index (Phi) is 6.98. The van der Waals surface area contributed by atoms with Crippen LogP contribution in [0.1, 0.15) is 11.1 Å². The molecule has 3 N–H and O–H groups in total. The average Bonchev–Trinajstić information content (AvgIpc) is 2.46. The van der Waals surface area contributed by atoms with Gasteiger partial charge in [-0.25, -0.2) is 0 Å². The lowest BCUT2D eigenvalue weighted by Gasteiger charge is -2.12. The third kappa shape index (κ3) is 6.01. The van der Waals surface area contributed by atoms with Gasteiger partial charge in [0, 0.05) is 11.6 Å². The standard InChI is InChI=1S/C14H18ClN3O2S/c1-4-5-16-14(21)18-17-12(19)8-20-11-6-9(2)13(15)10(3)7-11/h4,6-7H,1,5,8H2,2-3H3,(H,17,19)(H2,16,18,21). The molecule has 0 aromatic heterocycles. The maximum absolute atomic E-state index is 11.6. The van der Waals surface area contributed by atoms with E-state index in [1.165, 1.54) is 0 Å². The van der Waals surface area contributed by atoms with Crippen molar-refractivity contribution in [1.29, 1.82) is 0 Å². The summed E-state index contributed by atoms with van der Waals surface area (Å²) in [5.74, 6) is 0.250. The number of carbonyl (C=O) groups excluding carboxylic acids is 1. The zero-order valence-corrected chi connectivity index (χ0v) is 13.5. The summed E-state index contributed by atoms with van der Waals surface area (Å²) in [6, 6.07) is 3.57. The van der Waals surface area contributed by atoms with Crippen molar-refractivity contribution >= 4 is 34.8 Å². The Morgan fingerprint density at radius 2 is 2.00 bits per heavy atom. The summed E-state index contributed by atoms with van der Waals surface area (Å²) in [4.78, 5) is 11.6. The minimum atomic E-state index is -0.344. The Balaban J connectivity index is 2.39. The average molecular weight is 328 g/mol. The first-order valence-electron chi connectivity index (χ1n) is 6.27. The Hall–Kier alpha value is -1.79. The first-order valence-corrected chi connectivity index (χ1v) is 7.05. The van der Waals surface area contributed by atoms with E-state index >= 15 is 0 Å². The summed E-state index contributed by atoms with van der Waals surface area (Å²) < 4.78 is 5.41. The molecule has 0 aliphatic heterocycles. The first-order chi connectivity index (χ1) is 9.93. The molecule has 0 aliphatic rings. The van der Waals surface area contributed by atoms with Crippen molar-refractivity contribution in [2.75, 3.05) is 13.2 Å². The molecule has 0 unspecified atom stereocenters. The number of ether oxygens (including phenoxy) is 1. The fourth-order valence-electron chi connectivity index (χ4n) is 1.51. The van der Waals surface area contributed by atoms with Gasteiger partial charge in [-0.15, -0.1) is 6.58 Å². The monoisotopic (exact) mass is 327 g/mol. The highest BCUT2D eigenvalue weighted by molar-refractivity contribution is 7.80. The van der Waals surface area contributed by atoms with Crippen LogP contribution in [0, 0.1) is 13.8 Å². The first kappa shape index (κ1) is 17.3. The molecule has 0 fully saturated rings. The minimum absolute atomic E-state index is 0.127. The van der Waals surface area contributed by atoms with Crippen LogP contribution in [0.4, 0.5) is 0 Å². The molecule has 0 radical (unpaired) electrons. The smallest absolute Gasteiger partial charge is 0.276 e. The summed E-state index contributed by atoms with van der Waals surface area (Å²) >= 11 is 11.0. The Bertz CT molecular complexity index is 526. The zero-order chi connectivity index (χ0) is 15.8. The molecular weight excluding hydrogens is 310 g/mol. The molecule has 1 aromatic rings. The Morgan fingerprint density at radius 3 is 2.57 bits per heavy atom. The van der Waals surface area contributed by atoms with Crippen molar-refractivity contribution < 1.29 is 9.53 Å². The van der Waals surface area contributed by atoms with E-state index in [1.807, 2.05) is 13.8 Å². The SMILES string of the molecule is C=CCNC(=S)NNC(=O)COc1cc(C)c(Cl)c(C)c1. The summed E-state index contributed by atoms with van der Waals surface area (Å²) in [6.07, 6.45) is 1.66. The van der Waals surface area contributed by atoms with Crippen LogP contribution in [-0.2, 0) is 4.79 Å². The second kappa shape index (κ2) is 8.49. The largest absolute Gasteiger partial charge is 0.484 e. The van der Waals surface area contributed by atoms with Crippen molar-refractivity contribution in [3.05, 3.63) is 40.9 Å². The quantitative estimate of drug-likeness (QED) is 0.439. The number of carbonyl (C=O) groups is 1. The summed E-state index contributed by atoms with van der Waals surface area (Å²) in [6.45, 7) is 7.70. The van der Waals surface area contributed by atoms with Gasteiger partial charge >= 0.3 is 0 Å². The van der Waals surface area contributed by atoms with E-state index in [2.05, 4.69) is 22.7 Å². The molecule has 0 aliphatic carbocycles. The summed E-state index contributed by atoms with van der Waals surface area (Å²) in [7, 11) is 0. The van der Waals surface area contributed by atoms with E-state index in [-0.39, 0.29) is 12.5 Å². The van der Waals surface area contributed by atoms with Gasteiger partial charge in [0.1, 0.15) is 5.75 Å². The van der Waals surface area contributed by atoms with Crippen LogP contribution in [0.2, 0.25) is 5.02 Å². The molecule has 1 aromatic carbocycles. The highest BCUT2D eigenvalue weighted by Gasteiger charge is 2.06. The number of aryl methyl sites for hydroxylation is 2. The molecular formula is C14H18ClN3O2S. The van der Waals surface area contributed by atoms with Crippen LogP contribution in [0.25, 0.3) is 0 Å². The molecule has 1 amide bonds. The fraction of sp³-hybridized carbons (Fsp3) is 0.286. The number of hydrazine groups is 1. The summed E-state index contributed by atoms with van der Waals surface area (Å²) in [5, 5.41) is 3.82. The van der Waals surface area contributed by atoms with E-state index < -0.39 is 0 Å². The molecule has 0 saturated carbocycles. The number of hydrogen-bond donors (Lipinski definition) is 3. The predicted octanol–water partition coefficient (Wildman–Crippen LogP) is 2.02. The lowest BCUT2D eigenvalue weighted by atomic mass is 10.1. The molecule has 7 heteroatoms. The van der Waals surface area contributed by atoms with Crippen molar-refractivity contribution in [3.63, 3.8) is 0 Å². The fourth-order valence-corrected chi connectivity index (χ4v) is 1.75. The molecule has 0 bridgehead atoms. The van der Waals surface area contributed by atoms with Gasteiger partial charge in [-0.05, 0) is 49.3 Å². The number of amides is 1. The van der Waals surface area contributed by atoms with Gasteiger partial charge in [0.05, 0.1) is 0 Å². The van der Waals surface area contributed by atoms with Crippen LogP contribution in [0.15, 0.2) is 24.8 Å². The van der Waals surface area contributed by atoms with Crippen LogP contribution < -0.4 is 20.9 Å². The van der Waals surface area contributed by atoms with Gasteiger partial charge in [-0.2, -0.15) is 0 Å². The third-order valence-corrected chi connectivity index (χ3v) is 3.34. The number of rotatable bonds is 5. The van der Waals surface area contributed by atoms with E-state index in [0.29, 0.717) is 22.4 Å². The van der Waals surface area contributed by atoms with Crippen molar-refractivity contribution in [2.24, 2.45) is 0 Å². The lowest BCUT2D eigenvalue weighted by Crippen LogP contribution is -2.48. The van der Waals surface area contributed by atoms with Gasteiger partial charge < -0.3 is 10.1 Å². The van der Waals surface area contributed by atoms with Gasteiger partial charge in [-0.1, -0.05) is 17.7 Å². The van der Waals surface area contributed by atoms with Crippen molar-refractivity contribution in [1.82, 2.24) is 16.2 Å². The van der Waals surface area contributed by atoms with Crippen LogP contribution in [0.5, 0.6) is 5.75 Å². The molecule has 0 saturated heterocycles. The van der Waals surface area contributed by atoms with Gasteiger partial charge in [-0.3, -0.25) is 15.6 Å². The van der Waals surface area contributed by atoms with E-state index in [1.54, 1.807) is 18.2 Å². The van der Waals surface area contributed by atoms with Gasteiger partial charge in [0.25, 0.3) is 5.91 Å².